The van der Waals surface area contributed by atoms with E-state index in [4.69, 9.17) is 4.74 Å². The van der Waals surface area contributed by atoms with Crippen molar-refractivity contribution in [2.24, 2.45) is 0 Å². The van der Waals surface area contributed by atoms with Crippen LogP contribution in [0.2, 0.25) is 0 Å². The van der Waals surface area contributed by atoms with E-state index in [2.05, 4.69) is 20.2 Å². The van der Waals surface area contributed by atoms with E-state index in [-0.39, 0.29) is 5.78 Å². The maximum absolute atomic E-state index is 12.5. The number of fused-ring (bicyclic) bond motifs is 1. The Bertz CT molecular complexity index is 752. The predicted molar refractivity (Wildman–Crippen MR) is 72.7 cm³/mol. The summed E-state index contributed by atoms with van der Waals surface area (Å²) in [5.41, 5.74) is 1.50. The molecule has 0 aliphatic rings. The van der Waals surface area contributed by atoms with Crippen LogP contribution in [0.1, 0.15) is 22.8 Å². The second-order valence-electron chi connectivity index (χ2n) is 4.14. The molecule has 3 aromatic heterocycles. The van der Waals surface area contributed by atoms with Gasteiger partial charge in [-0.1, -0.05) is 0 Å². The number of aromatic nitrogens is 4. The summed E-state index contributed by atoms with van der Waals surface area (Å²) in [7, 11) is 0. The highest BCUT2D eigenvalue weighted by Crippen LogP contribution is 2.28. The molecule has 0 aromatic carbocycles. The van der Waals surface area contributed by atoms with Crippen LogP contribution in [0, 0.1) is 0 Å². The van der Waals surface area contributed by atoms with Crippen molar-refractivity contribution in [3.63, 3.8) is 0 Å². The van der Waals surface area contributed by atoms with Crippen molar-refractivity contribution in [3.05, 3.63) is 48.0 Å². The molecule has 3 heterocycles. The molecule has 0 spiro atoms. The highest BCUT2D eigenvalue weighted by atomic mass is 16.5. The molecule has 0 radical (unpaired) electrons. The zero-order chi connectivity index (χ0) is 13.9. The fourth-order valence-electron chi connectivity index (χ4n) is 1.99. The van der Waals surface area contributed by atoms with Crippen LogP contribution in [-0.4, -0.2) is 32.6 Å². The van der Waals surface area contributed by atoms with Gasteiger partial charge in [0.1, 0.15) is 5.75 Å². The van der Waals surface area contributed by atoms with Gasteiger partial charge in [0.15, 0.2) is 11.4 Å². The molecule has 3 aromatic rings. The van der Waals surface area contributed by atoms with E-state index in [0.717, 1.165) is 0 Å². The van der Waals surface area contributed by atoms with E-state index in [1.165, 1.54) is 12.4 Å². The van der Waals surface area contributed by atoms with Crippen LogP contribution in [0.4, 0.5) is 0 Å². The first-order chi connectivity index (χ1) is 9.81. The first-order valence-electron chi connectivity index (χ1n) is 6.21. The third-order valence-electron chi connectivity index (χ3n) is 2.89. The quantitative estimate of drug-likeness (QED) is 0.732. The summed E-state index contributed by atoms with van der Waals surface area (Å²) in [6.07, 6.45) is 6.25. The highest BCUT2D eigenvalue weighted by Gasteiger charge is 2.19. The zero-order valence-corrected chi connectivity index (χ0v) is 10.8. The molecule has 0 saturated carbocycles. The van der Waals surface area contributed by atoms with E-state index in [9.17, 15) is 4.79 Å². The van der Waals surface area contributed by atoms with Gasteiger partial charge in [0.05, 0.1) is 23.8 Å². The largest absolute Gasteiger partial charge is 0.492 e. The number of hydrogen-bond acceptors (Lipinski definition) is 5. The van der Waals surface area contributed by atoms with Gasteiger partial charge in [0.25, 0.3) is 0 Å². The van der Waals surface area contributed by atoms with E-state index in [1.54, 1.807) is 24.5 Å². The maximum atomic E-state index is 12.5. The maximum Gasteiger partial charge on any atom is 0.199 e. The third-order valence-corrected chi connectivity index (χ3v) is 2.89. The lowest BCUT2D eigenvalue weighted by Gasteiger charge is -2.09. The lowest BCUT2D eigenvalue weighted by molar-refractivity contribution is 0.103. The number of hydrogen-bond donors (Lipinski definition) is 1. The second kappa shape index (κ2) is 5.08. The Balaban J connectivity index is 2.15. The van der Waals surface area contributed by atoms with Gasteiger partial charge in [-0.15, -0.1) is 0 Å². The fourth-order valence-corrected chi connectivity index (χ4v) is 1.99. The van der Waals surface area contributed by atoms with Gasteiger partial charge in [-0.3, -0.25) is 14.9 Å². The van der Waals surface area contributed by atoms with Crippen LogP contribution in [0.5, 0.6) is 5.75 Å². The molecule has 0 unspecified atom stereocenters. The molecule has 0 aliphatic heterocycles. The molecule has 3 rings (SSSR count). The molecule has 0 aliphatic carbocycles. The summed E-state index contributed by atoms with van der Waals surface area (Å²) in [5.74, 6) is 0.331. The van der Waals surface area contributed by atoms with Crippen LogP contribution in [-0.2, 0) is 0 Å². The van der Waals surface area contributed by atoms with Gasteiger partial charge in [0, 0.05) is 24.2 Å². The van der Waals surface area contributed by atoms with Crippen molar-refractivity contribution < 1.29 is 9.53 Å². The summed E-state index contributed by atoms with van der Waals surface area (Å²) in [6, 6.07) is 3.43. The Hall–Kier alpha value is -2.76. The number of rotatable bonds is 4. The lowest BCUT2D eigenvalue weighted by Crippen LogP contribution is -2.07. The van der Waals surface area contributed by atoms with Crippen molar-refractivity contribution in [2.75, 3.05) is 6.61 Å². The average Bonchev–Trinajstić information content (AvgIpc) is 2.97. The molecule has 0 amide bonds. The van der Waals surface area contributed by atoms with Crippen molar-refractivity contribution in [3.8, 4) is 5.75 Å². The van der Waals surface area contributed by atoms with Gasteiger partial charge in [0.2, 0.25) is 0 Å². The van der Waals surface area contributed by atoms with Crippen LogP contribution in [0.25, 0.3) is 11.0 Å². The number of ether oxygens (including phenoxy) is 1. The second-order valence-corrected chi connectivity index (χ2v) is 4.14. The number of nitrogens with one attached hydrogen (secondary N) is 1. The summed E-state index contributed by atoms with van der Waals surface area (Å²) in [4.78, 5) is 20.7. The summed E-state index contributed by atoms with van der Waals surface area (Å²) >= 11 is 0. The minimum Gasteiger partial charge on any atom is -0.492 e. The predicted octanol–water partition coefficient (Wildman–Crippen LogP) is 1.98. The van der Waals surface area contributed by atoms with Crippen molar-refractivity contribution >= 4 is 16.8 Å². The molecule has 0 fully saturated rings. The molecule has 20 heavy (non-hydrogen) atoms. The van der Waals surface area contributed by atoms with E-state index < -0.39 is 0 Å². The van der Waals surface area contributed by atoms with Crippen LogP contribution >= 0.6 is 0 Å². The van der Waals surface area contributed by atoms with Gasteiger partial charge < -0.3 is 4.74 Å². The van der Waals surface area contributed by atoms with Crippen LogP contribution < -0.4 is 4.74 Å². The van der Waals surface area contributed by atoms with E-state index >= 15 is 0 Å². The zero-order valence-electron chi connectivity index (χ0n) is 10.8. The van der Waals surface area contributed by atoms with Crippen molar-refractivity contribution in [2.45, 2.75) is 6.92 Å². The van der Waals surface area contributed by atoms with Gasteiger partial charge in [-0.05, 0) is 19.1 Å². The molecule has 6 nitrogen and oxygen atoms in total. The molecule has 0 saturated heterocycles. The molecule has 6 heteroatoms. The number of pyridine rings is 2. The number of aromatic amines is 1. The molecule has 100 valence electrons. The van der Waals surface area contributed by atoms with Gasteiger partial charge in [-0.2, -0.15) is 5.10 Å². The smallest absolute Gasteiger partial charge is 0.199 e. The molecule has 1 N–H and O–H groups in total. The average molecular weight is 268 g/mol. The standard InChI is InChI=1S/C14H12N4O2/c1-2-20-13-10(7-16-14-11(13)8-17-18-14)12(19)9-4-3-5-15-6-9/h3-8H,2H2,1H3,(H,16,17,18). The lowest BCUT2D eigenvalue weighted by atomic mass is 10.0. The van der Waals surface area contributed by atoms with E-state index in [1.807, 2.05) is 6.92 Å². The van der Waals surface area contributed by atoms with Crippen LogP contribution in [0.15, 0.2) is 36.9 Å². The molecular weight excluding hydrogens is 256 g/mol. The Morgan fingerprint density at radius 2 is 2.25 bits per heavy atom. The fraction of sp³-hybridized carbons (Fsp3) is 0.143. The number of nitrogens with zero attached hydrogens (tertiary/aromatic N) is 3. The molecule has 0 atom stereocenters. The molecule has 0 bridgehead atoms. The van der Waals surface area contributed by atoms with Crippen LogP contribution in [0.3, 0.4) is 0 Å². The topological polar surface area (TPSA) is 80.8 Å². The highest BCUT2D eigenvalue weighted by molar-refractivity contribution is 6.12. The Morgan fingerprint density at radius 1 is 1.35 bits per heavy atom. The third kappa shape index (κ3) is 2.01. The van der Waals surface area contributed by atoms with E-state index in [0.29, 0.717) is 34.5 Å². The number of ketones is 1. The number of H-pyrrole nitrogens is 1. The minimum absolute atomic E-state index is 0.169. The van der Waals surface area contributed by atoms with Gasteiger partial charge in [-0.25, -0.2) is 4.98 Å². The van der Waals surface area contributed by atoms with Gasteiger partial charge >= 0.3 is 0 Å². The number of carbonyl (C=O) groups is 1. The van der Waals surface area contributed by atoms with Crippen molar-refractivity contribution in [1.82, 2.24) is 20.2 Å². The normalized spacial score (nSPS) is 10.7. The minimum atomic E-state index is -0.169. The Morgan fingerprint density at radius 3 is 3.00 bits per heavy atom. The summed E-state index contributed by atoms with van der Waals surface area (Å²) in [5, 5.41) is 7.38. The summed E-state index contributed by atoms with van der Waals surface area (Å²) in [6.45, 7) is 2.32. The first-order valence-corrected chi connectivity index (χ1v) is 6.21. The van der Waals surface area contributed by atoms with Crippen molar-refractivity contribution in [1.29, 1.82) is 0 Å². The Kier molecular flexibility index (Phi) is 3.12. The molecular formula is C14H12N4O2. The summed E-state index contributed by atoms with van der Waals surface area (Å²) < 4.78 is 5.61. The SMILES string of the molecule is CCOc1c(C(=O)c2cccnc2)cnc2[nH]ncc12. The monoisotopic (exact) mass is 268 g/mol. The number of carbonyl (C=O) groups excluding carboxylic acids is 1. The first kappa shape index (κ1) is 12.3. The Labute approximate surface area is 114 Å².